The number of benzene rings is 1. The first-order valence-electron chi connectivity index (χ1n) is 5.85. The Morgan fingerprint density at radius 2 is 2.06 bits per heavy atom. The summed E-state index contributed by atoms with van der Waals surface area (Å²) in [4.78, 5) is 0.888. The van der Waals surface area contributed by atoms with Crippen molar-refractivity contribution in [2.45, 2.75) is 19.4 Å². The predicted molar refractivity (Wildman–Crippen MR) is 73.9 cm³/mol. The first-order valence-corrected chi connectivity index (χ1v) is 6.73. The number of fused-ring (bicyclic) bond motifs is 1. The molecule has 3 aromatic rings. The molecule has 1 N–H and O–H groups in total. The fourth-order valence-corrected chi connectivity index (χ4v) is 2.92. The van der Waals surface area contributed by atoms with Gasteiger partial charge < -0.3 is 9.52 Å². The average Bonchev–Trinajstić information content (AvgIpc) is 2.99. The molecule has 92 valence electrons. The highest BCUT2D eigenvalue weighted by Gasteiger charge is 2.30. The molecule has 0 aliphatic heterocycles. The van der Waals surface area contributed by atoms with Gasteiger partial charge >= 0.3 is 0 Å². The molecule has 0 saturated carbocycles. The number of para-hydroxylation sites is 1. The maximum absolute atomic E-state index is 10.7. The number of furan rings is 1. The molecule has 0 spiro atoms. The Morgan fingerprint density at radius 1 is 1.22 bits per heavy atom. The Labute approximate surface area is 109 Å². The maximum Gasteiger partial charge on any atom is 0.153 e. The van der Waals surface area contributed by atoms with Crippen molar-refractivity contribution in [3.63, 3.8) is 0 Å². The highest BCUT2D eigenvalue weighted by atomic mass is 32.1. The van der Waals surface area contributed by atoms with Gasteiger partial charge in [0.1, 0.15) is 11.3 Å². The van der Waals surface area contributed by atoms with Crippen LogP contribution in [0, 0.1) is 6.92 Å². The number of hydrogen-bond donors (Lipinski definition) is 1. The van der Waals surface area contributed by atoms with Gasteiger partial charge in [-0.05, 0) is 36.9 Å². The van der Waals surface area contributed by atoms with Crippen LogP contribution in [-0.4, -0.2) is 5.11 Å². The summed E-state index contributed by atoms with van der Waals surface area (Å²) in [7, 11) is 0. The van der Waals surface area contributed by atoms with E-state index in [1.807, 2.05) is 48.7 Å². The summed E-state index contributed by atoms with van der Waals surface area (Å²) in [6.45, 7) is 3.78. The highest BCUT2D eigenvalue weighted by molar-refractivity contribution is 7.10. The van der Waals surface area contributed by atoms with Crippen molar-refractivity contribution in [3.8, 4) is 0 Å². The summed E-state index contributed by atoms with van der Waals surface area (Å²) in [6, 6.07) is 11.8. The highest BCUT2D eigenvalue weighted by Crippen LogP contribution is 2.36. The van der Waals surface area contributed by atoms with E-state index in [-0.39, 0.29) is 0 Å². The summed E-state index contributed by atoms with van der Waals surface area (Å²) in [5.74, 6) is 0.592. The second-order valence-electron chi connectivity index (χ2n) is 4.65. The number of aryl methyl sites for hydroxylation is 1. The lowest BCUT2D eigenvalue weighted by Gasteiger charge is -2.18. The number of rotatable bonds is 2. The molecule has 0 saturated heterocycles. The van der Waals surface area contributed by atoms with Crippen molar-refractivity contribution in [2.24, 2.45) is 0 Å². The molecule has 2 aromatic heterocycles. The molecule has 18 heavy (non-hydrogen) atoms. The molecule has 2 heterocycles. The smallest absolute Gasteiger partial charge is 0.153 e. The van der Waals surface area contributed by atoms with Crippen LogP contribution in [0.3, 0.4) is 0 Å². The van der Waals surface area contributed by atoms with Crippen molar-refractivity contribution in [2.75, 3.05) is 0 Å². The molecule has 0 aliphatic rings. The second kappa shape index (κ2) is 3.97. The Morgan fingerprint density at radius 3 is 2.72 bits per heavy atom. The van der Waals surface area contributed by atoms with Crippen molar-refractivity contribution < 1.29 is 9.52 Å². The number of hydrogen-bond acceptors (Lipinski definition) is 3. The first kappa shape index (κ1) is 11.5. The Kier molecular flexibility index (Phi) is 2.54. The van der Waals surface area contributed by atoms with Crippen molar-refractivity contribution in [3.05, 3.63) is 58.0 Å². The molecule has 0 amide bonds. The van der Waals surface area contributed by atoms with E-state index in [2.05, 4.69) is 0 Å². The van der Waals surface area contributed by atoms with Crippen LogP contribution in [0.25, 0.3) is 11.0 Å². The van der Waals surface area contributed by atoms with Crippen LogP contribution in [0.15, 0.2) is 46.2 Å². The minimum Gasteiger partial charge on any atom is -0.457 e. The van der Waals surface area contributed by atoms with Gasteiger partial charge in [-0.15, -0.1) is 11.3 Å². The van der Waals surface area contributed by atoms with Gasteiger partial charge in [-0.1, -0.05) is 24.3 Å². The standard InChI is InChI=1S/C15H14O2S/c1-10-5-3-6-11-9-12(17-14(10)11)15(2,16)13-7-4-8-18-13/h3-9,16H,1-2H3. The number of aliphatic hydroxyl groups is 1. The lowest BCUT2D eigenvalue weighted by molar-refractivity contribution is 0.0823. The zero-order chi connectivity index (χ0) is 12.8. The summed E-state index contributed by atoms with van der Waals surface area (Å²) in [5.41, 5.74) is 0.865. The summed E-state index contributed by atoms with van der Waals surface area (Å²) < 4.78 is 5.84. The lowest BCUT2D eigenvalue weighted by atomic mass is 10.0. The molecular formula is C15H14O2S. The van der Waals surface area contributed by atoms with Crippen LogP contribution in [0.1, 0.15) is 23.1 Å². The summed E-state index contributed by atoms with van der Waals surface area (Å²) in [5, 5.41) is 13.6. The van der Waals surface area contributed by atoms with E-state index in [1.165, 1.54) is 11.3 Å². The van der Waals surface area contributed by atoms with Gasteiger partial charge in [-0.3, -0.25) is 0 Å². The van der Waals surface area contributed by atoms with Crippen LogP contribution in [-0.2, 0) is 5.60 Å². The van der Waals surface area contributed by atoms with Gasteiger partial charge in [-0.2, -0.15) is 0 Å². The molecule has 3 rings (SSSR count). The molecule has 1 aromatic carbocycles. The number of thiophene rings is 1. The third-order valence-corrected chi connectivity index (χ3v) is 4.30. The second-order valence-corrected chi connectivity index (χ2v) is 5.60. The van der Waals surface area contributed by atoms with Crippen LogP contribution in [0.5, 0.6) is 0 Å². The summed E-state index contributed by atoms with van der Waals surface area (Å²) in [6.07, 6.45) is 0. The van der Waals surface area contributed by atoms with E-state index < -0.39 is 5.60 Å². The monoisotopic (exact) mass is 258 g/mol. The van der Waals surface area contributed by atoms with Crippen LogP contribution < -0.4 is 0 Å². The van der Waals surface area contributed by atoms with E-state index in [4.69, 9.17) is 4.42 Å². The van der Waals surface area contributed by atoms with E-state index in [0.29, 0.717) is 5.76 Å². The lowest BCUT2D eigenvalue weighted by Crippen LogP contribution is -2.20. The van der Waals surface area contributed by atoms with Gasteiger partial charge in [0.15, 0.2) is 5.60 Å². The molecule has 0 aliphatic carbocycles. The Balaban J connectivity index is 2.18. The molecular weight excluding hydrogens is 244 g/mol. The Bertz CT molecular complexity index is 678. The van der Waals surface area contributed by atoms with Crippen molar-refractivity contribution in [1.82, 2.24) is 0 Å². The summed E-state index contributed by atoms with van der Waals surface area (Å²) >= 11 is 1.53. The minimum absolute atomic E-state index is 0.592. The fraction of sp³-hybridized carbons (Fsp3) is 0.200. The van der Waals surface area contributed by atoms with Crippen molar-refractivity contribution >= 4 is 22.3 Å². The zero-order valence-electron chi connectivity index (χ0n) is 10.3. The van der Waals surface area contributed by atoms with E-state index in [9.17, 15) is 5.11 Å². The zero-order valence-corrected chi connectivity index (χ0v) is 11.1. The fourth-order valence-electron chi connectivity index (χ4n) is 2.13. The van der Waals surface area contributed by atoms with Crippen molar-refractivity contribution in [1.29, 1.82) is 0 Å². The average molecular weight is 258 g/mol. The van der Waals surface area contributed by atoms with Gasteiger partial charge in [0.2, 0.25) is 0 Å². The molecule has 0 fully saturated rings. The van der Waals surface area contributed by atoms with Crippen LogP contribution in [0.4, 0.5) is 0 Å². The van der Waals surface area contributed by atoms with E-state index in [0.717, 1.165) is 21.4 Å². The Hall–Kier alpha value is -1.58. The van der Waals surface area contributed by atoms with Gasteiger partial charge in [0, 0.05) is 10.3 Å². The third kappa shape index (κ3) is 1.67. The largest absolute Gasteiger partial charge is 0.457 e. The quantitative estimate of drug-likeness (QED) is 0.752. The molecule has 2 nitrogen and oxygen atoms in total. The predicted octanol–water partition coefficient (Wildman–Crippen LogP) is 4.06. The molecule has 3 heteroatoms. The molecule has 1 atom stereocenters. The minimum atomic E-state index is -1.07. The topological polar surface area (TPSA) is 33.4 Å². The normalized spacial score (nSPS) is 14.8. The first-order chi connectivity index (χ1) is 8.59. The molecule has 0 radical (unpaired) electrons. The third-order valence-electron chi connectivity index (χ3n) is 3.22. The maximum atomic E-state index is 10.7. The van der Waals surface area contributed by atoms with Gasteiger partial charge in [0.05, 0.1) is 0 Å². The van der Waals surface area contributed by atoms with E-state index >= 15 is 0 Å². The SMILES string of the molecule is Cc1cccc2cc(C(C)(O)c3cccs3)oc12. The van der Waals surface area contributed by atoms with E-state index in [1.54, 1.807) is 6.92 Å². The van der Waals surface area contributed by atoms with Crippen LogP contribution in [0.2, 0.25) is 0 Å². The van der Waals surface area contributed by atoms with Gasteiger partial charge in [-0.25, -0.2) is 0 Å². The van der Waals surface area contributed by atoms with Crippen LogP contribution >= 0.6 is 11.3 Å². The van der Waals surface area contributed by atoms with Gasteiger partial charge in [0.25, 0.3) is 0 Å². The molecule has 0 bridgehead atoms. The molecule has 1 unspecified atom stereocenters.